The zero-order chi connectivity index (χ0) is 18.3. The maximum absolute atomic E-state index is 12.4. The van der Waals surface area contributed by atoms with Crippen LogP contribution in [0, 0.1) is 10.1 Å². The Labute approximate surface area is 148 Å². The molecule has 8 nitrogen and oxygen atoms in total. The summed E-state index contributed by atoms with van der Waals surface area (Å²) in [5, 5.41) is 14.1. The summed E-state index contributed by atoms with van der Waals surface area (Å²) in [5.74, 6) is -0.689. The number of anilines is 1. The van der Waals surface area contributed by atoms with Crippen LogP contribution in [0.25, 0.3) is 21.2 Å². The summed E-state index contributed by atoms with van der Waals surface area (Å²) in [6.45, 7) is 0. The third-order valence-corrected chi connectivity index (χ3v) is 4.64. The summed E-state index contributed by atoms with van der Waals surface area (Å²) in [6, 6.07) is 12.4. The average Bonchev–Trinajstić information content (AvgIpc) is 3.02. The maximum Gasteiger partial charge on any atom is 0.349 e. The predicted molar refractivity (Wildman–Crippen MR) is 96.7 cm³/mol. The smallest absolute Gasteiger partial charge is 0.349 e. The Balaban J connectivity index is 1.72. The molecule has 0 spiro atoms. The number of thiazole rings is 1. The minimum Gasteiger partial charge on any atom is -0.422 e. The van der Waals surface area contributed by atoms with Crippen LogP contribution in [0.4, 0.5) is 10.8 Å². The Hall–Kier alpha value is -3.59. The fraction of sp³-hybridized carbons (Fsp3) is 0. The summed E-state index contributed by atoms with van der Waals surface area (Å²) in [4.78, 5) is 39.1. The quantitative estimate of drug-likeness (QED) is 0.336. The first-order valence-electron chi connectivity index (χ1n) is 7.40. The fourth-order valence-electron chi connectivity index (χ4n) is 2.47. The summed E-state index contributed by atoms with van der Waals surface area (Å²) in [5.41, 5.74) is -0.350. The molecule has 0 aliphatic heterocycles. The largest absolute Gasteiger partial charge is 0.422 e. The molecule has 0 radical (unpaired) electrons. The van der Waals surface area contributed by atoms with E-state index in [1.807, 2.05) is 24.3 Å². The van der Waals surface area contributed by atoms with Crippen LogP contribution in [-0.4, -0.2) is 15.8 Å². The number of carbonyl (C=O) groups excluding carboxylic acids is 1. The SMILES string of the molecule is O=C(Nc1nc2ccccc2s1)c1cc2cc([N+](=O)[O-])ccc2oc1=O. The first-order valence-corrected chi connectivity index (χ1v) is 8.22. The third-order valence-electron chi connectivity index (χ3n) is 3.69. The van der Waals surface area contributed by atoms with Gasteiger partial charge in [0.15, 0.2) is 5.13 Å². The number of amides is 1. The van der Waals surface area contributed by atoms with Crippen LogP contribution in [-0.2, 0) is 0 Å². The summed E-state index contributed by atoms with van der Waals surface area (Å²) in [7, 11) is 0. The molecular weight excluding hydrogens is 358 g/mol. The van der Waals surface area contributed by atoms with Gasteiger partial charge >= 0.3 is 5.63 Å². The molecule has 128 valence electrons. The van der Waals surface area contributed by atoms with E-state index < -0.39 is 16.5 Å². The Morgan fingerprint density at radius 2 is 2.00 bits per heavy atom. The van der Waals surface area contributed by atoms with Gasteiger partial charge in [0.1, 0.15) is 11.1 Å². The Bertz CT molecular complexity index is 1210. The molecule has 1 N–H and O–H groups in total. The molecule has 2 heterocycles. The van der Waals surface area contributed by atoms with Gasteiger partial charge in [-0.2, -0.15) is 0 Å². The second kappa shape index (κ2) is 6.05. The maximum atomic E-state index is 12.4. The van der Waals surface area contributed by atoms with Crippen molar-refractivity contribution in [3.8, 4) is 0 Å². The van der Waals surface area contributed by atoms with E-state index in [4.69, 9.17) is 4.42 Å². The number of rotatable bonds is 3. The van der Waals surface area contributed by atoms with Crippen molar-refractivity contribution in [3.05, 3.63) is 74.6 Å². The number of hydrogen-bond donors (Lipinski definition) is 1. The van der Waals surface area contributed by atoms with Gasteiger partial charge in [0, 0.05) is 17.5 Å². The second-order valence-corrected chi connectivity index (χ2v) is 6.40. The second-order valence-electron chi connectivity index (χ2n) is 5.37. The molecule has 0 aliphatic carbocycles. The van der Waals surface area contributed by atoms with Crippen LogP contribution in [0.2, 0.25) is 0 Å². The number of nitro groups is 1. The normalized spacial score (nSPS) is 10.9. The van der Waals surface area contributed by atoms with E-state index >= 15 is 0 Å². The van der Waals surface area contributed by atoms with Gasteiger partial charge in [0.25, 0.3) is 11.6 Å². The number of nitrogens with zero attached hydrogens (tertiary/aromatic N) is 2. The lowest BCUT2D eigenvalue weighted by molar-refractivity contribution is -0.384. The first-order chi connectivity index (χ1) is 12.5. The highest BCUT2D eigenvalue weighted by Gasteiger charge is 2.17. The molecule has 0 unspecified atom stereocenters. The number of nitrogens with one attached hydrogen (secondary N) is 1. The zero-order valence-electron chi connectivity index (χ0n) is 13.0. The van der Waals surface area contributed by atoms with Crippen molar-refractivity contribution in [1.82, 2.24) is 4.98 Å². The molecule has 26 heavy (non-hydrogen) atoms. The van der Waals surface area contributed by atoms with E-state index in [2.05, 4.69) is 10.3 Å². The van der Waals surface area contributed by atoms with E-state index in [0.29, 0.717) is 5.13 Å². The van der Waals surface area contributed by atoms with Gasteiger partial charge in [-0.1, -0.05) is 23.5 Å². The van der Waals surface area contributed by atoms with Crippen molar-refractivity contribution in [3.63, 3.8) is 0 Å². The molecule has 0 bridgehead atoms. The lowest BCUT2D eigenvalue weighted by Gasteiger charge is -2.02. The van der Waals surface area contributed by atoms with Crippen molar-refractivity contribution in [2.75, 3.05) is 5.32 Å². The molecule has 0 atom stereocenters. The minimum absolute atomic E-state index is 0.163. The van der Waals surface area contributed by atoms with Gasteiger partial charge in [0.2, 0.25) is 0 Å². The number of nitro benzene ring substituents is 1. The molecule has 2 aromatic heterocycles. The number of fused-ring (bicyclic) bond motifs is 2. The Morgan fingerprint density at radius 3 is 2.77 bits per heavy atom. The number of hydrogen-bond acceptors (Lipinski definition) is 7. The molecule has 2 aromatic carbocycles. The number of aromatic nitrogens is 1. The number of para-hydroxylation sites is 1. The van der Waals surface area contributed by atoms with Crippen molar-refractivity contribution < 1.29 is 14.1 Å². The van der Waals surface area contributed by atoms with E-state index in [9.17, 15) is 19.7 Å². The van der Waals surface area contributed by atoms with Crippen molar-refractivity contribution in [2.24, 2.45) is 0 Å². The van der Waals surface area contributed by atoms with Crippen molar-refractivity contribution >= 4 is 49.2 Å². The first kappa shape index (κ1) is 15.9. The monoisotopic (exact) mass is 367 g/mol. The van der Waals surface area contributed by atoms with Crippen LogP contribution >= 0.6 is 11.3 Å². The highest BCUT2D eigenvalue weighted by Crippen LogP contribution is 2.26. The Morgan fingerprint density at radius 1 is 1.19 bits per heavy atom. The van der Waals surface area contributed by atoms with Crippen LogP contribution in [0.3, 0.4) is 0 Å². The lowest BCUT2D eigenvalue weighted by atomic mass is 10.1. The van der Waals surface area contributed by atoms with Crippen molar-refractivity contribution in [2.45, 2.75) is 0 Å². The van der Waals surface area contributed by atoms with E-state index in [1.54, 1.807) is 0 Å². The van der Waals surface area contributed by atoms with Gasteiger partial charge in [-0.25, -0.2) is 9.78 Å². The highest BCUT2D eigenvalue weighted by molar-refractivity contribution is 7.22. The number of benzene rings is 2. The lowest BCUT2D eigenvalue weighted by Crippen LogP contribution is -2.20. The Kier molecular flexibility index (Phi) is 3.70. The van der Waals surface area contributed by atoms with E-state index in [-0.39, 0.29) is 22.2 Å². The fourth-order valence-corrected chi connectivity index (χ4v) is 3.33. The molecular formula is C17H9N3O5S. The van der Waals surface area contributed by atoms with Gasteiger partial charge in [-0.15, -0.1) is 0 Å². The zero-order valence-corrected chi connectivity index (χ0v) is 13.8. The predicted octanol–water partition coefficient (Wildman–Crippen LogP) is 3.56. The molecule has 0 aliphatic rings. The molecule has 4 rings (SSSR count). The molecule has 0 saturated heterocycles. The minimum atomic E-state index is -0.829. The van der Waals surface area contributed by atoms with Gasteiger partial charge in [0.05, 0.1) is 15.1 Å². The molecule has 4 aromatic rings. The molecule has 0 saturated carbocycles. The topological polar surface area (TPSA) is 115 Å². The standard InChI is InChI=1S/C17H9N3O5S/c21-15(19-17-18-12-3-1-2-4-14(12)26-17)11-8-9-7-10(20(23)24)5-6-13(9)25-16(11)22/h1-8H,(H,18,19,21). The summed E-state index contributed by atoms with van der Waals surface area (Å²) < 4.78 is 5.98. The van der Waals surface area contributed by atoms with Crippen LogP contribution in [0.15, 0.2) is 57.7 Å². The summed E-state index contributed by atoms with van der Waals surface area (Å²) >= 11 is 1.27. The van der Waals surface area contributed by atoms with Crippen LogP contribution in [0.5, 0.6) is 0 Å². The van der Waals surface area contributed by atoms with Crippen LogP contribution < -0.4 is 10.9 Å². The molecule has 9 heteroatoms. The average molecular weight is 367 g/mol. The number of non-ortho nitro benzene ring substituents is 1. The van der Waals surface area contributed by atoms with Crippen molar-refractivity contribution in [1.29, 1.82) is 0 Å². The van der Waals surface area contributed by atoms with Crippen LogP contribution in [0.1, 0.15) is 10.4 Å². The van der Waals surface area contributed by atoms with Gasteiger partial charge in [-0.3, -0.25) is 20.2 Å². The molecule has 0 fully saturated rings. The highest BCUT2D eigenvalue weighted by atomic mass is 32.1. The van der Waals surface area contributed by atoms with Gasteiger partial charge in [-0.05, 0) is 24.3 Å². The summed E-state index contributed by atoms with van der Waals surface area (Å²) in [6.07, 6.45) is 0. The van der Waals surface area contributed by atoms with E-state index in [1.165, 1.54) is 35.6 Å². The molecule has 1 amide bonds. The van der Waals surface area contributed by atoms with E-state index in [0.717, 1.165) is 10.2 Å². The third kappa shape index (κ3) is 2.80. The number of carbonyl (C=O) groups is 1. The van der Waals surface area contributed by atoms with Gasteiger partial charge < -0.3 is 4.42 Å².